The third-order valence-electron chi connectivity index (χ3n) is 3.05. The average Bonchev–Trinajstić information content (AvgIpc) is 2.48. The summed E-state index contributed by atoms with van der Waals surface area (Å²) < 4.78 is 24.1. The maximum absolute atomic E-state index is 13.8. The first-order valence-electron chi connectivity index (χ1n) is 6.02. The zero-order valence-corrected chi connectivity index (χ0v) is 12.9. The highest BCUT2D eigenvalue weighted by Gasteiger charge is 2.21. The van der Waals surface area contributed by atoms with E-state index in [9.17, 15) is 9.50 Å². The molecule has 0 heterocycles. The zero-order valence-electron chi connectivity index (χ0n) is 11.4. The van der Waals surface area contributed by atoms with E-state index >= 15 is 0 Å². The summed E-state index contributed by atoms with van der Waals surface area (Å²) in [5, 5.41) is 10.9. The van der Waals surface area contributed by atoms with E-state index in [-0.39, 0.29) is 10.6 Å². The number of hydrogen-bond acceptors (Lipinski definition) is 3. The molecule has 3 nitrogen and oxygen atoms in total. The van der Waals surface area contributed by atoms with E-state index in [1.165, 1.54) is 44.6 Å². The Kier molecular flexibility index (Phi) is 4.93. The van der Waals surface area contributed by atoms with Crippen molar-refractivity contribution in [2.45, 2.75) is 6.10 Å². The fraction of sp³-hybridized carbons (Fsp3) is 0.200. The molecule has 0 aliphatic rings. The van der Waals surface area contributed by atoms with Crippen LogP contribution in [0.3, 0.4) is 0 Å². The Balaban J connectivity index is 2.52. The molecule has 6 heteroatoms. The summed E-state index contributed by atoms with van der Waals surface area (Å²) in [5.74, 6) is 0.237. The molecule has 1 atom stereocenters. The second-order valence-corrected chi connectivity index (χ2v) is 5.14. The fourth-order valence-corrected chi connectivity index (χ4v) is 2.41. The van der Waals surface area contributed by atoms with Gasteiger partial charge in [0.25, 0.3) is 0 Å². The van der Waals surface area contributed by atoms with Crippen molar-refractivity contribution in [3.05, 3.63) is 57.3 Å². The first-order chi connectivity index (χ1) is 9.97. The number of ether oxygens (including phenoxy) is 2. The third kappa shape index (κ3) is 3.23. The van der Waals surface area contributed by atoms with Gasteiger partial charge in [-0.25, -0.2) is 4.39 Å². The number of methoxy groups -OCH3 is 2. The van der Waals surface area contributed by atoms with Crippen molar-refractivity contribution in [2.24, 2.45) is 0 Å². The van der Waals surface area contributed by atoms with Crippen LogP contribution in [0.25, 0.3) is 0 Å². The zero-order chi connectivity index (χ0) is 15.6. The molecular formula is C15H13Cl2FO3. The predicted molar refractivity (Wildman–Crippen MR) is 80.0 cm³/mol. The van der Waals surface area contributed by atoms with Gasteiger partial charge in [0.15, 0.2) is 11.5 Å². The lowest BCUT2D eigenvalue weighted by Gasteiger charge is -2.17. The first-order valence-corrected chi connectivity index (χ1v) is 6.78. The van der Waals surface area contributed by atoms with E-state index in [4.69, 9.17) is 32.7 Å². The normalized spacial score (nSPS) is 12.1. The summed E-state index contributed by atoms with van der Waals surface area (Å²) in [6.45, 7) is 0. The fourth-order valence-electron chi connectivity index (χ4n) is 1.97. The van der Waals surface area contributed by atoms with Gasteiger partial charge in [-0.3, -0.25) is 0 Å². The lowest BCUT2D eigenvalue weighted by Crippen LogP contribution is -2.04. The number of rotatable bonds is 4. The Labute approximate surface area is 131 Å². The van der Waals surface area contributed by atoms with Crippen molar-refractivity contribution in [1.29, 1.82) is 0 Å². The van der Waals surface area contributed by atoms with E-state index in [0.717, 1.165) is 0 Å². The Morgan fingerprint density at radius 1 is 1.00 bits per heavy atom. The van der Waals surface area contributed by atoms with Gasteiger partial charge in [-0.2, -0.15) is 0 Å². The van der Waals surface area contributed by atoms with Crippen LogP contribution in [-0.4, -0.2) is 19.3 Å². The molecule has 0 saturated heterocycles. The smallest absolute Gasteiger partial charge is 0.162 e. The van der Waals surface area contributed by atoms with Crippen molar-refractivity contribution in [2.75, 3.05) is 14.2 Å². The molecule has 0 aliphatic carbocycles. The predicted octanol–water partition coefficient (Wildman–Crippen LogP) is 4.23. The van der Waals surface area contributed by atoms with Crippen molar-refractivity contribution < 1.29 is 19.0 Å². The Morgan fingerprint density at radius 3 is 2.24 bits per heavy atom. The van der Waals surface area contributed by atoms with Gasteiger partial charge in [0.1, 0.15) is 11.9 Å². The van der Waals surface area contributed by atoms with Crippen LogP contribution in [0.5, 0.6) is 11.5 Å². The monoisotopic (exact) mass is 330 g/mol. The minimum absolute atomic E-state index is 0.0385. The number of hydrogen-bond donors (Lipinski definition) is 1. The van der Waals surface area contributed by atoms with Gasteiger partial charge in [-0.05, 0) is 24.3 Å². The topological polar surface area (TPSA) is 38.7 Å². The largest absolute Gasteiger partial charge is 0.493 e. The van der Waals surface area contributed by atoms with Crippen LogP contribution in [0.15, 0.2) is 30.3 Å². The van der Waals surface area contributed by atoms with Crippen LogP contribution < -0.4 is 9.47 Å². The Bertz CT molecular complexity index is 662. The van der Waals surface area contributed by atoms with Crippen molar-refractivity contribution in [3.8, 4) is 11.5 Å². The van der Waals surface area contributed by atoms with Gasteiger partial charge in [0, 0.05) is 22.2 Å². The molecule has 21 heavy (non-hydrogen) atoms. The average molecular weight is 331 g/mol. The minimum atomic E-state index is -1.27. The van der Waals surface area contributed by atoms with E-state index in [2.05, 4.69) is 0 Å². The molecule has 0 fully saturated rings. The van der Waals surface area contributed by atoms with E-state index < -0.39 is 11.9 Å². The van der Waals surface area contributed by atoms with Crippen LogP contribution in [0, 0.1) is 5.82 Å². The van der Waals surface area contributed by atoms with Crippen LogP contribution in [0.1, 0.15) is 17.2 Å². The summed E-state index contributed by atoms with van der Waals surface area (Å²) >= 11 is 12.0. The molecule has 2 aromatic carbocycles. The standard InChI is InChI=1S/C15H13Cl2FO3/c1-20-13-6-9(11(17)7-14(13)21-2)15(19)10-5-8(16)3-4-12(10)18/h3-7,15,19H,1-2H3. The highest BCUT2D eigenvalue weighted by molar-refractivity contribution is 6.31. The highest BCUT2D eigenvalue weighted by atomic mass is 35.5. The van der Waals surface area contributed by atoms with Gasteiger partial charge in [0.05, 0.1) is 19.2 Å². The first kappa shape index (κ1) is 15.9. The van der Waals surface area contributed by atoms with Crippen LogP contribution in [0.2, 0.25) is 10.0 Å². The second-order valence-electron chi connectivity index (χ2n) is 4.30. The Hall–Kier alpha value is -1.49. The second kappa shape index (κ2) is 6.52. The van der Waals surface area contributed by atoms with Crippen LogP contribution in [-0.2, 0) is 0 Å². The van der Waals surface area contributed by atoms with Crippen molar-refractivity contribution >= 4 is 23.2 Å². The molecule has 0 amide bonds. The summed E-state index contributed by atoms with van der Waals surface area (Å²) in [5.41, 5.74) is 0.340. The molecule has 0 aliphatic heterocycles. The van der Waals surface area contributed by atoms with Crippen molar-refractivity contribution in [3.63, 3.8) is 0 Å². The number of aliphatic hydroxyl groups is 1. The summed E-state index contributed by atoms with van der Waals surface area (Å²) in [4.78, 5) is 0. The van der Waals surface area contributed by atoms with Gasteiger partial charge < -0.3 is 14.6 Å². The molecule has 112 valence electrons. The lowest BCUT2D eigenvalue weighted by molar-refractivity contribution is 0.214. The highest BCUT2D eigenvalue weighted by Crippen LogP contribution is 2.38. The lowest BCUT2D eigenvalue weighted by atomic mass is 10.0. The summed E-state index contributed by atoms with van der Waals surface area (Å²) in [6.07, 6.45) is -1.27. The molecular weight excluding hydrogens is 318 g/mol. The molecule has 2 aromatic rings. The van der Waals surface area contributed by atoms with E-state index in [1.54, 1.807) is 0 Å². The molecule has 0 bridgehead atoms. The molecule has 0 spiro atoms. The van der Waals surface area contributed by atoms with Gasteiger partial charge >= 0.3 is 0 Å². The summed E-state index contributed by atoms with van der Waals surface area (Å²) in [7, 11) is 2.93. The van der Waals surface area contributed by atoms with E-state index in [0.29, 0.717) is 22.1 Å². The van der Waals surface area contributed by atoms with Crippen molar-refractivity contribution in [1.82, 2.24) is 0 Å². The Morgan fingerprint density at radius 2 is 1.62 bits per heavy atom. The molecule has 0 aromatic heterocycles. The number of halogens is 3. The third-order valence-corrected chi connectivity index (χ3v) is 3.61. The molecule has 1 N–H and O–H groups in total. The van der Waals surface area contributed by atoms with E-state index in [1.807, 2.05) is 0 Å². The van der Waals surface area contributed by atoms with Gasteiger partial charge in [-0.15, -0.1) is 0 Å². The quantitative estimate of drug-likeness (QED) is 0.911. The minimum Gasteiger partial charge on any atom is -0.493 e. The number of aliphatic hydroxyl groups excluding tert-OH is 1. The molecule has 1 unspecified atom stereocenters. The molecule has 2 rings (SSSR count). The molecule has 0 radical (unpaired) electrons. The molecule has 0 saturated carbocycles. The van der Waals surface area contributed by atoms with Gasteiger partial charge in [0.2, 0.25) is 0 Å². The maximum atomic E-state index is 13.8. The SMILES string of the molecule is COc1cc(Cl)c(C(O)c2cc(Cl)ccc2F)cc1OC. The summed E-state index contributed by atoms with van der Waals surface area (Å²) in [6, 6.07) is 6.96. The van der Waals surface area contributed by atoms with Crippen LogP contribution >= 0.6 is 23.2 Å². The van der Waals surface area contributed by atoms with Crippen LogP contribution in [0.4, 0.5) is 4.39 Å². The number of benzene rings is 2. The maximum Gasteiger partial charge on any atom is 0.162 e. The van der Waals surface area contributed by atoms with Gasteiger partial charge in [-0.1, -0.05) is 23.2 Å².